The molecule has 1 aromatic rings. The predicted molar refractivity (Wildman–Crippen MR) is 44.0 cm³/mol. The zero-order valence-corrected chi connectivity index (χ0v) is 6.97. The average Bonchev–Trinajstić information content (AvgIpc) is 1.88. The fourth-order valence-electron chi connectivity index (χ4n) is 0.607. The number of aromatic nitrogens is 1. The Morgan fingerprint density at radius 3 is 2.90 bits per heavy atom. The Kier molecular flexibility index (Phi) is 2.64. The van der Waals surface area contributed by atoms with Gasteiger partial charge in [0.2, 0.25) is 5.88 Å². The first-order chi connectivity index (χ1) is 4.79. The first-order valence-corrected chi connectivity index (χ1v) is 3.79. The van der Waals surface area contributed by atoms with Gasteiger partial charge < -0.3 is 4.74 Å². The van der Waals surface area contributed by atoms with Crippen LogP contribution in [0.2, 0.25) is 0 Å². The molecule has 2 nitrogen and oxygen atoms in total. The van der Waals surface area contributed by atoms with E-state index in [1.807, 2.05) is 25.1 Å². The van der Waals surface area contributed by atoms with Crippen LogP contribution in [0.25, 0.3) is 0 Å². The largest absolute Gasteiger partial charge is 0.471 e. The Labute approximate surface area is 62.8 Å². The molecule has 0 amide bonds. The van der Waals surface area contributed by atoms with Crippen molar-refractivity contribution in [3.05, 3.63) is 24.4 Å². The molecule has 1 rings (SSSR count). The topological polar surface area (TPSA) is 22.1 Å². The summed E-state index contributed by atoms with van der Waals surface area (Å²) in [4.78, 5) is 3.98. The number of nitrogens with zero attached hydrogens (tertiary/aromatic N) is 1. The van der Waals surface area contributed by atoms with E-state index in [0.717, 1.165) is 0 Å². The van der Waals surface area contributed by atoms with E-state index in [2.05, 4.69) is 14.2 Å². The highest BCUT2D eigenvalue weighted by Gasteiger charge is 1.94. The summed E-state index contributed by atoms with van der Waals surface area (Å²) in [6, 6.07) is 5.59. The van der Waals surface area contributed by atoms with Gasteiger partial charge >= 0.3 is 0 Å². The van der Waals surface area contributed by atoms with E-state index < -0.39 is 0 Å². The van der Waals surface area contributed by atoms with Crippen molar-refractivity contribution >= 4 is 9.24 Å². The highest BCUT2D eigenvalue weighted by Crippen LogP contribution is 2.08. The van der Waals surface area contributed by atoms with Gasteiger partial charge in [0.25, 0.3) is 0 Å². The van der Waals surface area contributed by atoms with E-state index in [-0.39, 0.29) is 5.85 Å². The minimum atomic E-state index is 0.120. The van der Waals surface area contributed by atoms with Crippen molar-refractivity contribution in [3.63, 3.8) is 0 Å². The fraction of sp³-hybridized carbons (Fsp3) is 0.286. The SMILES string of the molecule is CC(P)Oc1ccccn1. The van der Waals surface area contributed by atoms with E-state index in [0.29, 0.717) is 5.88 Å². The molecule has 0 saturated heterocycles. The second kappa shape index (κ2) is 3.52. The molecule has 0 aliphatic rings. The maximum absolute atomic E-state index is 5.27. The molecule has 0 radical (unpaired) electrons. The van der Waals surface area contributed by atoms with Gasteiger partial charge in [0.15, 0.2) is 0 Å². The van der Waals surface area contributed by atoms with Crippen LogP contribution in [0.4, 0.5) is 0 Å². The Morgan fingerprint density at radius 2 is 2.40 bits per heavy atom. The van der Waals surface area contributed by atoms with Gasteiger partial charge in [-0.05, 0) is 13.0 Å². The Balaban J connectivity index is 2.59. The number of hydrogen-bond acceptors (Lipinski definition) is 2. The molecule has 0 spiro atoms. The fourth-order valence-corrected chi connectivity index (χ4v) is 0.747. The molecule has 0 aromatic carbocycles. The van der Waals surface area contributed by atoms with Crippen LogP contribution in [-0.4, -0.2) is 10.8 Å². The number of rotatable bonds is 2. The van der Waals surface area contributed by atoms with E-state index in [4.69, 9.17) is 4.74 Å². The van der Waals surface area contributed by atoms with Gasteiger partial charge in [-0.3, -0.25) is 0 Å². The second-order valence-corrected chi connectivity index (χ2v) is 2.93. The van der Waals surface area contributed by atoms with Crippen LogP contribution in [0.15, 0.2) is 24.4 Å². The summed E-state index contributed by atoms with van der Waals surface area (Å²) in [6.07, 6.45) is 1.71. The van der Waals surface area contributed by atoms with Crippen LogP contribution in [0, 0.1) is 0 Å². The molecule has 2 unspecified atom stereocenters. The third-order valence-corrected chi connectivity index (χ3v) is 1.08. The molecule has 0 fully saturated rings. The van der Waals surface area contributed by atoms with Crippen LogP contribution in [0.5, 0.6) is 5.88 Å². The third-order valence-electron chi connectivity index (χ3n) is 0.944. The van der Waals surface area contributed by atoms with Gasteiger partial charge in [-0.1, -0.05) is 15.3 Å². The van der Waals surface area contributed by atoms with E-state index >= 15 is 0 Å². The normalized spacial score (nSPS) is 12.6. The van der Waals surface area contributed by atoms with Crippen LogP contribution in [-0.2, 0) is 0 Å². The summed E-state index contributed by atoms with van der Waals surface area (Å²) < 4.78 is 5.27. The van der Waals surface area contributed by atoms with Gasteiger partial charge in [0.05, 0.1) is 0 Å². The highest BCUT2D eigenvalue weighted by molar-refractivity contribution is 7.17. The van der Waals surface area contributed by atoms with Gasteiger partial charge in [0.1, 0.15) is 5.85 Å². The Bertz CT molecular complexity index is 188. The zero-order chi connectivity index (χ0) is 7.40. The number of pyridine rings is 1. The van der Waals surface area contributed by atoms with Crippen LogP contribution in [0.1, 0.15) is 6.92 Å². The van der Waals surface area contributed by atoms with Gasteiger partial charge in [-0.25, -0.2) is 4.98 Å². The lowest BCUT2D eigenvalue weighted by molar-refractivity contribution is 0.295. The Morgan fingerprint density at radius 1 is 1.60 bits per heavy atom. The van der Waals surface area contributed by atoms with Crippen molar-refractivity contribution in [2.24, 2.45) is 0 Å². The molecule has 0 aliphatic carbocycles. The summed E-state index contributed by atoms with van der Waals surface area (Å²) in [5.74, 6) is 0.792. The molecule has 10 heavy (non-hydrogen) atoms. The first-order valence-electron chi connectivity index (χ1n) is 3.12. The third kappa shape index (κ3) is 2.32. The van der Waals surface area contributed by atoms with Gasteiger partial charge in [-0.15, -0.1) is 0 Å². The molecule has 1 aromatic heterocycles. The number of ether oxygens (including phenoxy) is 1. The minimum Gasteiger partial charge on any atom is -0.471 e. The summed E-state index contributed by atoms with van der Waals surface area (Å²) in [6.45, 7) is 1.94. The predicted octanol–water partition coefficient (Wildman–Crippen LogP) is 1.68. The van der Waals surface area contributed by atoms with Crippen molar-refractivity contribution in [1.82, 2.24) is 4.98 Å². The lowest BCUT2D eigenvalue weighted by atomic mass is 10.5. The Hall–Kier alpha value is -0.620. The lowest BCUT2D eigenvalue weighted by Crippen LogP contribution is -2.02. The maximum atomic E-state index is 5.27. The van der Waals surface area contributed by atoms with Crippen LogP contribution in [0.3, 0.4) is 0 Å². The zero-order valence-electron chi connectivity index (χ0n) is 5.82. The van der Waals surface area contributed by atoms with Crippen molar-refractivity contribution in [3.8, 4) is 5.88 Å². The van der Waals surface area contributed by atoms with Crippen molar-refractivity contribution < 1.29 is 4.74 Å². The van der Waals surface area contributed by atoms with Crippen molar-refractivity contribution in [2.45, 2.75) is 12.8 Å². The van der Waals surface area contributed by atoms with Gasteiger partial charge in [-0.2, -0.15) is 0 Å². The molecule has 1 heterocycles. The average molecular weight is 155 g/mol. The second-order valence-electron chi connectivity index (χ2n) is 1.99. The molecular formula is C7H10NOP. The molecule has 0 saturated carbocycles. The standard InChI is InChI=1S/C7H10NOP/c1-6(10)9-7-4-2-3-5-8-7/h2-6H,10H2,1H3. The minimum absolute atomic E-state index is 0.120. The smallest absolute Gasteiger partial charge is 0.213 e. The molecular weight excluding hydrogens is 145 g/mol. The van der Waals surface area contributed by atoms with Crippen molar-refractivity contribution in [2.75, 3.05) is 0 Å². The summed E-state index contributed by atoms with van der Waals surface area (Å²) in [7, 11) is 2.54. The molecule has 0 aliphatic heterocycles. The van der Waals surface area contributed by atoms with E-state index in [1.165, 1.54) is 0 Å². The van der Waals surface area contributed by atoms with Crippen molar-refractivity contribution in [1.29, 1.82) is 0 Å². The monoisotopic (exact) mass is 155 g/mol. The quantitative estimate of drug-likeness (QED) is 0.606. The van der Waals surface area contributed by atoms with Crippen LogP contribution >= 0.6 is 9.24 Å². The first kappa shape index (κ1) is 7.49. The molecule has 3 heteroatoms. The van der Waals surface area contributed by atoms with E-state index in [9.17, 15) is 0 Å². The lowest BCUT2D eigenvalue weighted by Gasteiger charge is -2.06. The summed E-state index contributed by atoms with van der Waals surface area (Å²) in [5.41, 5.74) is 0. The molecule has 54 valence electrons. The molecule has 2 atom stereocenters. The summed E-state index contributed by atoms with van der Waals surface area (Å²) in [5, 5.41) is 0. The van der Waals surface area contributed by atoms with Gasteiger partial charge in [0, 0.05) is 12.3 Å². The molecule has 0 bridgehead atoms. The molecule has 0 N–H and O–H groups in total. The van der Waals surface area contributed by atoms with Crippen LogP contribution < -0.4 is 4.74 Å². The van der Waals surface area contributed by atoms with E-state index in [1.54, 1.807) is 6.20 Å². The summed E-state index contributed by atoms with van der Waals surface area (Å²) >= 11 is 0. The maximum Gasteiger partial charge on any atom is 0.213 e. The number of hydrogen-bond donors (Lipinski definition) is 0. The highest BCUT2D eigenvalue weighted by atomic mass is 31.0.